The summed E-state index contributed by atoms with van der Waals surface area (Å²) in [6, 6.07) is 9.89. The lowest BCUT2D eigenvalue weighted by molar-refractivity contribution is 0.389. The van der Waals surface area contributed by atoms with Crippen LogP contribution >= 0.6 is 0 Å². The first kappa shape index (κ1) is 9.20. The van der Waals surface area contributed by atoms with Gasteiger partial charge in [0.05, 0.1) is 0 Å². The quantitative estimate of drug-likeness (QED) is 0.720. The summed E-state index contributed by atoms with van der Waals surface area (Å²) >= 11 is 0. The molecule has 2 heteroatoms. The fraction of sp³-hybridized carbons (Fsp3) is 0.400. The summed E-state index contributed by atoms with van der Waals surface area (Å²) in [5, 5.41) is 2.93. The third-order valence-corrected chi connectivity index (χ3v) is 1.92. The van der Waals surface area contributed by atoms with Gasteiger partial charge in [-0.05, 0) is 19.0 Å². The molecule has 0 spiro atoms. The second-order valence-corrected chi connectivity index (χ2v) is 2.83. The number of hydrogen-bond acceptors (Lipinski definition) is 1. The fourth-order valence-electron chi connectivity index (χ4n) is 1.13. The standard InChI is InChI=1S/C10H14FN/c1-12-10(8-11)7-9-5-3-2-4-6-9/h2-6,10,12H,7-8H2,1H3. The molecule has 1 N–H and O–H groups in total. The van der Waals surface area contributed by atoms with Crippen LogP contribution in [0.25, 0.3) is 0 Å². The average Bonchev–Trinajstić information content (AvgIpc) is 2.16. The summed E-state index contributed by atoms with van der Waals surface area (Å²) in [6.45, 7) is -0.314. The van der Waals surface area contributed by atoms with Gasteiger partial charge in [-0.1, -0.05) is 30.3 Å². The first-order valence-electron chi connectivity index (χ1n) is 4.14. The third kappa shape index (κ3) is 2.62. The summed E-state index contributed by atoms with van der Waals surface area (Å²) < 4.78 is 12.3. The summed E-state index contributed by atoms with van der Waals surface area (Å²) in [5.41, 5.74) is 1.18. The van der Waals surface area contributed by atoms with Crippen molar-refractivity contribution < 1.29 is 4.39 Å². The van der Waals surface area contributed by atoms with Gasteiger partial charge in [-0.25, -0.2) is 4.39 Å². The molecule has 0 aliphatic heterocycles. The Bertz CT molecular complexity index is 206. The lowest BCUT2D eigenvalue weighted by Gasteiger charge is -2.11. The molecule has 1 aromatic rings. The second-order valence-electron chi connectivity index (χ2n) is 2.83. The van der Waals surface area contributed by atoms with E-state index in [0.717, 1.165) is 6.42 Å². The normalized spacial score (nSPS) is 12.8. The highest BCUT2D eigenvalue weighted by Crippen LogP contribution is 2.02. The van der Waals surface area contributed by atoms with Crippen LogP contribution in [0.3, 0.4) is 0 Å². The number of rotatable bonds is 4. The van der Waals surface area contributed by atoms with Gasteiger partial charge in [-0.2, -0.15) is 0 Å². The van der Waals surface area contributed by atoms with Crippen molar-refractivity contribution in [3.63, 3.8) is 0 Å². The minimum absolute atomic E-state index is 0.0487. The van der Waals surface area contributed by atoms with Gasteiger partial charge in [0.25, 0.3) is 0 Å². The SMILES string of the molecule is CNC(CF)Cc1ccccc1. The molecule has 1 rings (SSSR count). The van der Waals surface area contributed by atoms with Crippen LogP contribution < -0.4 is 5.32 Å². The largest absolute Gasteiger partial charge is 0.314 e. The van der Waals surface area contributed by atoms with Crippen molar-refractivity contribution in [2.45, 2.75) is 12.5 Å². The van der Waals surface area contributed by atoms with Gasteiger partial charge in [0.2, 0.25) is 0 Å². The molecular weight excluding hydrogens is 153 g/mol. The number of hydrogen-bond donors (Lipinski definition) is 1. The maximum Gasteiger partial charge on any atom is 0.105 e. The molecule has 0 saturated heterocycles. The monoisotopic (exact) mass is 167 g/mol. The van der Waals surface area contributed by atoms with Crippen LogP contribution in [0.15, 0.2) is 30.3 Å². The molecule has 12 heavy (non-hydrogen) atoms. The molecular formula is C10H14FN. The summed E-state index contributed by atoms with van der Waals surface area (Å²) in [6.07, 6.45) is 0.758. The molecule has 66 valence electrons. The predicted octanol–water partition coefficient (Wildman–Crippen LogP) is 1.79. The van der Waals surface area contributed by atoms with Crippen LogP contribution in [0, 0.1) is 0 Å². The topological polar surface area (TPSA) is 12.0 Å². The fourth-order valence-corrected chi connectivity index (χ4v) is 1.13. The summed E-state index contributed by atoms with van der Waals surface area (Å²) in [5.74, 6) is 0. The molecule has 0 amide bonds. The molecule has 0 aromatic heterocycles. The highest BCUT2D eigenvalue weighted by molar-refractivity contribution is 5.15. The van der Waals surface area contributed by atoms with Crippen molar-refractivity contribution in [2.24, 2.45) is 0 Å². The van der Waals surface area contributed by atoms with Gasteiger partial charge >= 0.3 is 0 Å². The number of halogens is 1. The van der Waals surface area contributed by atoms with Crippen LogP contribution in [0.2, 0.25) is 0 Å². The van der Waals surface area contributed by atoms with E-state index in [1.54, 1.807) is 7.05 Å². The Morgan fingerprint density at radius 2 is 2.00 bits per heavy atom. The van der Waals surface area contributed by atoms with Crippen molar-refractivity contribution in [3.8, 4) is 0 Å². The van der Waals surface area contributed by atoms with Gasteiger partial charge in [0, 0.05) is 6.04 Å². The van der Waals surface area contributed by atoms with Gasteiger partial charge in [-0.3, -0.25) is 0 Å². The number of nitrogens with one attached hydrogen (secondary N) is 1. The Kier molecular flexibility index (Phi) is 3.74. The first-order chi connectivity index (χ1) is 5.86. The Morgan fingerprint density at radius 3 is 2.50 bits per heavy atom. The van der Waals surface area contributed by atoms with Crippen molar-refractivity contribution in [1.29, 1.82) is 0 Å². The predicted molar refractivity (Wildman–Crippen MR) is 49.0 cm³/mol. The maximum atomic E-state index is 12.3. The first-order valence-corrected chi connectivity index (χ1v) is 4.14. The Balaban J connectivity index is 2.51. The van der Waals surface area contributed by atoms with E-state index < -0.39 is 0 Å². The third-order valence-electron chi connectivity index (χ3n) is 1.92. The number of alkyl halides is 1. The van der Waals surface area contributed by atoms with Crippen LogP contribution in [0.5, 0.6) is 0 Å². The molecule has 0 radical (unpaired) electrons. The molecule has 0 heterocycles. The van der Waals surface area contributed by atoms with E-state index in [2.05, 4.69) is 5.32 Å². The van der Waals surface area contributed by atoms with E-state index in [1.807, 2.05) is 30.3 Å². The Hall–Kier alpha value is -0.890. The van der Waals surface area contributed by atoms with Crippen molar-refractivity contribution in [1.82, 2.24) is 5.32 Å². The Morgan fingerprint density at radius 1 is 1.33 bits per heavy atom. The summed E-state index contributed by atoms with van der Waals surface area (Å²) in [4.78, 5) is 0. The minimum Gasteiger partial charge on any atom is -0.314 e. The van der Waals surface area contributed by atoms with Gasteiger partial charge in [-0.15, -0.1) is 0 Å². The highest BCUT2D eigenvalue weighted by atomic mass is 19.1. The van der Waals surface area contributed by atoms with Crippen LogP contribution in [0.1, 0.15) is 5.56 Å². The van der Waals surface area contributed by atoms with E-state index in [0.29, 0.717) is 0 Å². The molecule has 0 aliphatic rings. The van der Waals surface area contributed by atoms with E-state index in [9.17, 15) is 4.39 Å². The van der Waals surface area contributed by atoms with E-state index in [4.69, 9.17) is 0 Å². The zero-order valence-electron chi connectivity index (χ0n) is 7.26. The van der Waals surface area contributed by atoms with E-state index in [-0.39, 0.29) is 12.7 Å². The van der Waals surface area contributed by atoms with Crippen molar-refractivity contribution in [3.05, 3.63) is 35.9 Å². The van der Waals surface area contributed by atoms with Crippen LogP contribution in [-0.4, -0.2) is 19.8 Å². The minimum atomic E-state index is -0.314. The maximum absolute atomic E-state index is 12.3. The van der Waals surface area contributed by atoms with Crippen molar-refractivity contribution >= 4 is 0 Å². The number of likely N-dealkylation sites (N-methyl/N-ethyl adjacent to an activating group) is 1. The molecule has 0 fully saturated rings. The molecule has 1 aromatic carbocycles. The molecule has 1 unspecified atom stereocenters. The lowest BCUT2D eigenvalue weighted by Crippen LogP contribution is -2.29. The molecule has 0 aliphatic carbocycles. The lowest BCUT2D eigenvalue weighted by atomic mass is 10.1. The van der Waals surface area contributed by atoms with Crippen LogP contribution in [0.4, 0.5) is 4.39 Å². The zero-order valence-corrected chi connectivity index (χ0v) is 7.26. The molecule has 1 atom stereocenters. The molecule has 0 bridgehead atoms. The molecule has 1 nitrogen and oxygen atoms in total. The zero-order chi connectivity index (χ0) is 8.81. The number of benzene rings is 1. The van der Waals surface area contributed by atoms with Gasteiger partial charge < -0.3 is 5.32 Å². The van der Waals surface area contributed by atoms with Crippen LogP contribution in [-0.2, 0) is 6.42 Å². The smallest absolute Gasteiger partial charge is 0.105 e. The summed E-state index contributed by atoms with van der Waals surface area (Å²) in [7, 11) is 1.78. The van der Waals surface area contributed by atoms with Gasteiger partial charge in [0.15, 0.2) is 0 Å². The van der Waals surface area contributed by atoms with E-state index in [1.165, 1.54) is 5.56 Å². The second kappa shape index (κ2) is 4.88. The molecule has 0 saturated carbocycles. The average molecular weight is 167 g/mol. The van der Waals surface area contributed by atoms with E-state index >= 15 is 0 Å². The van der Waals surface area contributed by atoms with Gasteiger partial charge in [0.1, 0.15) is 6.67 Å². The highest BCUT2D eigenvalue weighted by Gasteiger charge is 2.04. The Labute approximate surface area is 72.6 Å². The van der Waals surface area contributed by atoms with Crippen molar-refractivity contribution in [2.75, 3.05) is 13.7 Å².